The maximum absolute atomic E-state index is 12.4. The molecule has 8 heteroatoms. The number of amides is 2. The summed E-state index contributed by atoms with van der Waals surface area (Å²) in [5.41, 5.74) is 0.554. The van der Waals surface area contributed by atoms with Crippen LogP contribution in [0.3, 0.4) is 0 Å². The number of hydrogen-bond donors (Lipinski definition) is 0. The van der Waals surface area contributed by atoms with Gasteiger partial charge in [0.05, 0.1) is 22.0 Å². The topological polar surface area (TPSA) is 63.4 Å². The first-order valence-electron chi connectivity index (χ1n) is 6.98. The van der Waals surface area contributed by atoms with Crippen LogP contribution in [-0.2, 0) is 11.3 Å². The van der Waals surface area contributed by atoms with Crippen molar-refractivity contribution >= 4 is 51.7 Å². The Balaban J connectivity index is 1.52. The van der Waals surface area contributed by atoms with E-state index in [9.17, 15) is 9.59 Å². The first-order valence-corrected chi connectivity index (χ1v) is 9.55. The quantitative estimate of drug-likeness (QED) is 0.619. The molecule has 0 bridgehead atoms. The molecule has 24 heavy (non-hydrogen) atoms. The summed E-state index contributed by atoms with van der Waals surface area (Å²) in [4.78, 5) is 32.4. The van der Waals surface area contributed by atoms with Gasteiger partial charge in [0.15, 0.2) is 0 Å². The molecule has 0 atom stereocenters. The molecule has 1 saturated heterocycles. The second-order valence-electron chi connectivity index (χ2n) is 4.90. The van der Waals surface area contributed by atoms with E-state index >= 15 is 0 Å². The summed E-state index contributed by atoms with van der Waals surface area (Å²) in [6, 6.07) is 7.63. The van der Waals surface area contributed by atoms with Crippen LogP contribution in [0, 0.1) is 0 Å². The van der Waals surface area contributed by atoms with Crippen LogP contribution in [-0.4, -0.2) is 21.0 Å². The molecule has 0 aliphatic carbocycles. The normalized spacial score (nSPS) is 16.5. The van der Waals surface area contributed by atoms with Crippen molar-refractivity contribution in [2.45, 2.75) is 6.54 Å². The minimum absolute atomic E-state index is 0.112. The molecule has 0 saturated carbocycles. The lowest BCUT2D eigenvalue weighted by Crippen LogP contribution is -2.27. The van der Waals surface area contributed by atoms with Crippen LogP contribution < -0.4 is 0 Å². The molecule has 1 fully saturated rings. The summed E-state index contributed by atoms with van der Waals surface area (Å²) in [5.74, 6) is 0.208. The van der Waals surface area contributed by atoms with Gasteiger partial charge in [-0.05, 0) is 40.7 Å². The lowest BCUT2D eigenvalue weighted by atomic mass is 10.3. The Bertz CT molecular complexity index is 910. The molecule has 4 rings (SSSR count). The van der Waals surface area contributed by atoms with E-state index in [1.54, 1.807) is 6.08 Å². The minimum atomic E-state index is -0.293. The number of aromatic nitrogens is 1. The predicted octanol–water partition coefficient (Wildman–Crippen LogP) is 4.70. The largest absolute Gasteiger partial charge is 0.443 e. The van der Waals surface area contributed by atoms with Gasteiger partial charge < -0.3 is 4.42 Å². The fourth-order valence-electron chi connectivity index (χ4n) is 2.19. The Labute approximate surface area is 149 Å². The van der Waals surface area contributed by atoms with Crippen LogP contribution in [0.5, 0.6) is 0 Å². The van der Waals surface area contributed by atoms with E-state index in [2.05, 4.69) is 4.98 Å². The first kappa shape index (κ1) is 15.4. The third kappa shape index (κ3) is 2.95. The van der Waals surface area contributed by atoms with Gasteiger partial charge in [-0.3, -0.25) is 14.5 Å². The van der Waals surface area contributed by atoms with Crippen LogP contribution in [0.15, 0.2) is 50.6 Å². The Kier molecular flexibility index (Phi) is 4.09. The highest BCUT2D eigenvalue weighted by molar-refractivity contribution is 8.18. The number of thiophene rings is 2. The maximum Gasteiger partial charge on any atom is 0.293 e. The highest BCUT2D eigenvalue weighted by Crippen LogP contribution is 2.34. The molecule has 0 spiro atoms. The molecule has 3 aromatic heterocycles. The average Bonchev–Trinajstić information content (AvgIpc) is 3.33. The second-order valence-corrected chi connectivity index (χ2v) is 7.82. The van der Waals surface area contributed by atoms with Crippen molar-refractivity contribution in [1.29, 1.82) is 0 Å². The van der Waals surface area contributed by atoms with Gasteiger partial charge in [-0.15, -0.1) is 22.7 Å². The molecule has 1 aliphatic rings. The van der Waals surface area contributed by atoms with Crippen molar-refractivity contribution < 1.29 is 14.0 Å². The molecule has 0 N–H and O–H groups in total. The molecule has 4 heterocycles. The van der Waals surface area contributed by atoms with Gasteiger partial charge in [-0.25, -0.2) is 4.98 Å². The fourth-order valence-corrected chi connectivity index (χ4v) is 4.41. The molecule has 1 aliphatic heterocycles. The van der Waals surface area contributed by atoms with E-state index < -0.39 is 0 Å². The summed E-state index contributed by atoms with van der Waals surface area (Å²) < 4.78 is 5.43. The average molecular weight is 374 g/mol. The van der Waals surface area contributed by atoms with Gasteiger partial charge in [0.25, 0.3) is 11.1 Å². The van der Waals surface area contributed by atoms with Crippen LogP contribution in [0.2, 0.25) is 0 Å². The van der Waals surface area contributed by atoms with Gasteiger partial charge in [-0.1, -0.05) is 12.1 Å². The van der Waals surface area contributed by atoms with Crippen LogP contribution >= 0.6 is 34.4 Å². The Morgan fingerprint density at radius 1 is 1.17 bits per heavy atom. The molecule has 120 valence electrons. The molecule has 3 aromatic rings. The summed E-state index contributed by atoms with van der Waals surface area (Å²) in [6.07, 6.45) is 3.23. The zero-order valence-corrected chi connectivity index (χ0v) is 14.6. The predicted molar refractivity (Wildman–Crippen MR) is 95.6 cm³/mol. The van der Waals surface area contributed by atoms with E-state index in [4.69, 9.17) is 4.42 Å². The minimum Gasteiger partial charge on any atom is -0.443 e. The van der Waals surface area contributed by atoms with Crippen molar-refractivity contribution in [3.05, 3.63) is 56.8 Å². The van der Waals surface area contributed by atoms with Gasteiger partial charge in [0.1, 0.15) is 6.26 Å². The zero-order valence-electron chi connectivity index (χ0n) is 12.2. The standard InChI is InChI=1S/C16H10N2O3S3/c19-15-13(7-11-3-1-5-22-11)24-16(20)18(15)8-10-9-21-14(17-10)12-4-2-6-23-12/h1-7,9H,8H2/b13-7-. The number of hydrogen-bond acceptors (Lipinski definition) is 7. The molecular formula is C16H10N2O3S3. The summed E-state index contributed by atoms with van der Waals surface area (Å²) in [6.45, 7) is 0.112. The van der Waals surface area contributed by atoms with Gasteiger partial charge in [-0.2, -0.15) is 0 Å². The fraction of sp³-hybridized carbons (Fsp3) is 0.0625. The second kappa shape index (κ2) is 6.39. The van der Waals surface area contributed by atoms with E-state index in [0.29, 0.717) is 16.5 Å². The molecule has 5 nitrogen and oxygen atoms in total. The maximum atomic E-state index is 12.4. The third-order valence-electron chi connectivity index (χ3n) is 3.29. The van der Waals surface area contributed by atoms with Crippen molar-refractivity contribution in [1.82, 2.24) is 9.88 Å². The summed E-state index contributed by atoms with van der Waals surface area (Å²) in [5, 5.41) is 3.58. The number of nitrogens with zero attached hydrogens (tertiary/aromatic N) is 2. The summed E-state index contributed by atoms with van der Waals surface area (Å²) >= 11 is 3.99. The van der Waals surface area contributed by atoms with Crippen LogP contribution in [0.4, 0.5) is 4.79 Å². The molecule has 0 unspecified atom stereocenters. The van der Waals surface area contributed by atoms with Crippen LogP contribution in [0.1, 0.15) is 10.6 Å². The van der Waals surface area contributed by atoms with Gasteiger partial charge in [0, 0.05) is 4.88 Å². The van der Waals surface area contributed by atoms with Gasteiger partial charge in [0.2, 0.25) is 5.89 Å². The van der Waals surface area contributed by atoms with E-state index in [1.165, 1.54) is 33.8 Å². The van der Waals surface area contributed by atoms with E-state index in [-0.39, 0.29) is 17.7 Å². The molecule has 2 amide bonds. The number of carbonyl (C=O) groups is 2. The van der Waals surface area contributed by atoms with Crippen molar-refractivity contribution in [2.75, 3.05) is 0 Å². The number of oxazole rings is 1. The van der Waals surface area contributed by atoms with Gasteiger partial charge >= 0.3 is 0 Å². The van der Waals surface area contributed by atoms with Crippen molar-refractivity contribution in [2.24, 2.45) is 0 Å². The van der Waals surface area contributed by atoms with E-state index in [1.807, 2.05) is 35.0 Å². The zero-order chi connectivity index (χ0) is 16.5. The monoisotopic (exact) mass is 374 g/mol. The number of thioether (sulfide) groups is 1. The van der Waals surface area contributed by atoms with Crippen molar-refractivity contribution in [3.63, 3.8) is 0 Å². The number of rotatable bonds is 4. The van der Waals surface area contributed by atoms with Crippen molar-refractivity contribution in [3.8, 4) is 10.8 Å². The first-order chi connectivity index (χ1) is 11.7. The highest BCUT2D eigenvalue weighted by Gasteiger charge is 2.35. The SMILES string of the molecule is O=C1S/C(=C\c2cccs2)C(=O)N1Cc1coc(-c2cccs2)n1. The number of carbonyl (C=O) groups excluding carboxylic acids is 2. The molecule has 0 radical (unpaired) electrons. The Morgan fingerprint density at radius 2 is 2.00 bits per heavy atom. The molecule has 0 aromatic carbocycles. The lowest BCUT2D eigenvalue weighted by Gasteiger charge is -2.09. The Morgan fingerprint density at radius 3 is 2.75 bits per heavy atom. The summed E-state index contributed by atoms with van der Waals surface area (Å²) in [7, 11) is 0. The number of imide groups is 1. The van der Waals surface area contributed by atoms with Crippen LogP contribution in [0.25, 0.3) is 16.8 Å². The van der Waals surface area contributed by atoms with E-state index in [0.717, 1.165) is 21.5 Å². The Hall–Kier alpha value is -2.16. The smallest absolute Gasteiger partial charge is 0.293 e. The lowest BCUT2D eigenvalue weighted by molar-refractivity contribution is -0.123. The molecular weight excluding hydrogens is 364 g/mol. The highest BCUT2D eigenvalue weighted by atomic mass is 32.2. The third-order valence-corrected chi connectivity index (χ3v) is 5.88.